The Kier molecular flexibility index (Phi) is 6.59. The predicted molar refractivity (Wildman–Crippen MR) is 114 cm³/mol. The minimum atomic E-state index is -4.42. The summed E-state index contributed by atoms with van der Waals surface area (Å²) in [5.41, 5.74) is 2.07. The molecule has 3 rings (SSSR count). The van der Waals surface area contributed by atoms with Crippen LogP contribution in [0.2, 0.25) is 0 Å². The van der Waals surface area contributed by atoms with Gasteiger partial charge in [-0.2, -0.15) is 13.2 Å². The first kappa shape index (κ1) is 21.9. The number of hydrogen-bond donors (Lipinski definition) is 3. The van der Waals surface area contributed by atoms with Crippen molar-refractivity contribution in [2.45, 2.75) is 19.5 Å². The number of benzene rings is 3. The van der Waals surface area contributed by atoms with Gasteiger partial charge in [0.25, 0.3) is 0 Å². The molecule has 0 atom stereocenters. The molecule has 31 heavy (non-hydrogen) atoms. The molecule has 3 aromatic carbocycles. The molecule has 8 heteroatoms. The molecule has 0 aliphatic rings. The molecule has 0 unspecified atom stereocenters. The second kappa shape index (κ2) is 9.34. The highest BCUT2D eigenvalue weighted by Gasteiger charge is 2.29. The number of alkyl halides is 3. The fourth-order valence-electron chi connectivity index (χ4n) is 2.84. The summed E-state index contributed by atoms with van der Waals surface area (Å²) in [6.07, 6.45) is -4.50. The molecule has 0 aliphatic carbocycles. The summed E-state index contributed by atoms with van der Waals surface area (Å²) >= 11 is 0. The van der Waals surface area contributed by atoms with Crippen LogP contribution >= 0.6 is 0 Å². The summed E-state index contributed by atoms with van der Waals surface area (Å²) in [5, 5.41) is 8.12. The maximum atomic E-state index is 12.7. The third-order valence-electron chi connectivity index (χ3n) is 4.45. The number of aryl methyl sites for hydroxylation is 1. The van der Waals surface area contributed by atoms with Crippen molar-refractivity contribution in [1.29, 1.82) is 0 Å². The van der Waals surface area contributed by atoms with Gasteiger partial charge < -0.3 is 16.0 Å². The van der Waals surface area contributed by atoms with Gasteiger partial charge in [0.1, 0.15) is 0 Å². The Morgan fingerprint density at radius 2 is 1.45 bits per heavy atom. The molecule has 0 fully saturated rings. The summed E-state index contributed by atoms with van der Waals surface area (Å²) in [6, 6.07) is 18.0. The highest BCUT2D eigenvalue weighted by atomic mass is 19.4. The fourth-order valence-corrected chi connectivity index (χ4v) is 2.84. The SMILES string of the molecule is Cc1ccc(NC(=O)Nc2ccccc2)cc1NC(=O)Cc1ccc(C(F)(F)F)cc1. The van der Waals surface area contributed by atoms with Crippen LogP contribution in [0.3, 0.4) is 0 Å². The lowest BCUT2D eigenvalue weighted by molar-refractivity contribution is -0.137. The molecule has 3 aromatic rings. The van der Waals surface area contributed by atoms with E-state index >= 15 is 0 Å². The Labute approximate surface area is 177 Å². The number of para-hydroxylation sites is 1. The first-order valence-electron chi connectivity index (χ1n) is 9.40. The molecule has 5 nitrogen and oxygen atoms in total. The number of carbonyl (C=O) groups excluding carboxylic acids is 2. The van der Waals surface area contributed by atoms with Crippen molar-refractivity contribution >= 4 is 29.0 Å². The van der Waals surface area contributed by atoms with E-state index in [1.54, 1.807) is 49.4 Å². The highest BCUT2D eigenvalue weighted by Crippen LogP contribution is 2.29. The van der Waals surface area contributed by atoms with E-state index < -0.39 is 17.8 Å². The zero-order valence-electron chi connectivity index (χ0n) is 16.6. The van der Waals surface area contributed by atoms with Crippen molar-refractivity contribution < 1.29 is 22.8 Å². The number of urea groups is 1. The molecule has 3 N–H and O–H groups in total. The van der Waals surface area contributed by atoms with Crippen molar-refractivity contribution in [2.24, 2.45) is 0 Å². The maximum Gasteiger partial charge on any atom is 0.416 e. The van der Waals surface area contributed by atoms with Gasteiger partial charge in [-0.25, -0.2) is 4.79 Å². The third-order valence-corrected chi connectivity index (χ3v) is 4.45. The number of nitrogens with one attached hydrogen (secondary N) is 3. The van der Waals surface area contributed by atoms with Crippen LogP contribution < -0.4 is 16.0 Å². The summed E-state index contributed by atoms with van der Waals surface area (Å²) in [7, 11) is 0. The van der Waals surface area contributed by atoms with Gasteiger partial charge in [0.2, 0.25) is 5.91 Å². The number of carbonyl (C=O) groups is 2. The first-order chi connectivity index (χ1) is 14.7. The summed E-state index contributed by atoms with van der Waals surface area (Å²) in [6.45, 7) is 1.79. The molecule has 0 spiro atoms. The molecule has 0 aliphatic heterocycles. The predicted octanol–water partition coefficient (Wildman–Crippen LogP) is 5.84. The van der Waals surface area contributed by atoms with Crippen LogP contribution in [0.15, 0.2) is 72.8 Å². The van der Waals surface area contributed by atoms with Crippen LogP contribution in [0.5, 0.6) is 0 Å². The van der Waals surface area contributed by atoms with Gasteiger partial charge in [0, 0.05) is 17.1 Å². The van der Waals surface area contributed by atoms with Crippen molar-refractivity contribution in [3.63, 3.8) is 0 Å². The Balaban J connectivity index is 1.62. The number of rotatable bonds is 5. The van der Waals surface area contributed by atoms with E-state index in [0.717, 1.165) is 17.7 Å². The molecular weight excluding hydrogens is 407 g/mol. The van der Waals surface area contributed by atoms with Crippen LogP contribution in [-0.4, -0.2) is 11.9 Å². The zero-order valence-corrected chi connectivity index (χ0v) is 16.6. The van der Waals surface area contributed by atoms with E-state index in [1.807, 2.05) is 6.07 Å². The number of anilines is 3. The lowest BCUT2D eigenvalue weighted by Crippen LogP contribution is -2.20. The largest absolute Gasteiger partial charge is 0.416 e. The van der Waals surface area contributed by atoms with Gasteiger partial charge in [-0.05, 0) is 54.4 Å². The van der Waals surface area contributed by atoms with Crippen LogP contribution in [-0.2, 0) is 17.4 Å². The van der Waals surface area contributed by atoms with Crippen molar-refractivity contribution in [3.8, 4) is 0 Å². The minimum absolute atomic E-state index is 0.0796. The van der Waals surface area contributed by atoms with Crippen LogP contribution in [0.25, 0.3) is 0 Å². The standard InChI is InChI=1S/C23H20F3N3O2/c1-15-7-12-19(28-22(31)27-18-5-3-2-4-6-18)14-20(15)29-21(30)13-16-8-10-17(11-9-16)23(24,25)26/h2-12,14H,13H2,1H3,(H,29,30)(H2,27,28,31). The molecule has 0 bridgehead atoms. The van der Waals surface area contributed by atoms with E-state index in [9.17, 15) is 22.8 Å². The smallest absolute Gasteiger partial charge is 0.325 e. The van der Waals surface area contributed by atoms with Crippen LogP contribution in [0.1, 0.15) is 16.7 Å². The Bertz CT molecular complexity index is 1070. The molecule has 3 amide bonds. The normalized spacial score (nSPS) is 11.0. The minimum Gasteiger partial charge on any atom is -0.325 e. The van der Waals surface area contributed by atoms with Gasteiger partial charge in [-0.3, -0.25) is 4.79 Å². The molecular formula is C23H20F3N3O2. The fraction of sp³-hybridized carbons (Fsp3) is 0.130. The summed E-state index contributed by atoms with van der Waals surface area (Å²) in [5.74, 6) is -0.381. The number of hydrogen-bond acceptors (Lipinski definition) is 2. The molecule has 0 saturated carbocycles. The van der Waals surface area contributed by atoms with Crippen molar-refractivity contribution in [1.82, 2.24) is 0 Å². The number of halogens is 3. The third kappa shape index (κ3) is 6.33. The van der Waals surface area contributed by atoms with E-state index in [0.29, 0.717) is 22.6 Å². The zero-order chi connectivity index (χ0) is 22.4. The van der Waals surface area contributed by atoms with Gasteiger partial charge in [0.15, 0.2) is 0 Å². The molecule has 0 aromatic heterocycles. The van der Waals surface area contributed by atoms with Gasteiger partial charge in [0.05, 0.1) is 12.0 Å². The topological polar surface area (TPSA) is 70.2 Å². The highest BCUT2D eigenvalue weighted by molar-refractivity contribution is 6.00. The second-order valence-corrected chi connectivity index (χ2v) is 6.89. The summed E-state index contributed by atoms with van der Waals surface area (Å²) < 4.78 is 38.0. The first-order valence-corrected chi connectivity index (χ1v) is 9.40. The lowest BCUT2D eigenvalue weighted by Gasteiger charge is -2.13. The Morgan fingerprint density at radius 1 is 0.806 bits per heavy atom. The van der Waals surface area contributed by atoms with Crippen LogP contribution in [0.4, 0.5) is 35.0 Å². The van der Waals surface area contributed by atoms with E-state index in [2.05, 4.69) is 16.0 Å². The van der Waals surface area contributed by atoms with Crippen molar-refractivity contribution in [2.75, 3.05) is 16.0 Å². The average Bonchev–Trinajstić information content (AvgIpc) is 2.71. The second-order valence-electron chi connectivity index (χ2n) is 6.89. The average molecular weight is 427 g/mol. The molecule has 0 radical (unpaired) electrons. The molecule has 160 valence electrons. The molecule has 0 saturated heterocycles. The van der Waals surface area contributed by atoms with Crippen LogP contribution in [0, 0.1) is 6.92 Å². The molecule has 0 heterocycles. The monoisotopic (exact) mass is 427 g/mol. The van der Waals surface area contributed by atoms with E-state index in [-0.39, 0.29) is 12.3 Å². The van der Waals surface area contributed by atoms with E-state index in [4.69, 9.17) is 0 Å². The van der Waals surface area contributed by atoms with Gasteiger partial charge in [-0.15, -0.1) is 0 Å². The van der Waals surface area contributed by atoms with Crippen molar-refractivity contribution in [3.05, 3.63) is 89.5 Å². The number of amides is 3. The Hall–Kier alpha value is -3.81. The maximum absolute atomic E-state index is 12.7. The van der Waals surface area contributed by atoms with Gasteiger partial charge in [-0.1, -0.05) is 36.4 Å². The quantitative estimate of drug-likeness (QED) is 0.479. The van der Waals surface area contributed by atoms with Gasteiger partial charge >= 0.3 is 12.2 Å². The summed E-state index contributed by atoms with van der Waals surface area (Å²) in [4.78, 5) is 24.5. The Morgan fingerprint density at radius 3 is 2.10 bits per heavy atom. The lowest BCUT2D eigenvalue weighted by atomic mass is 10.1. The van der Waals surface area contributed by atoms with E-state index in [1.165, 1.54) is 12.1 Å².